The lowest BCUT2D eigenvalue weighted by Crippen LogP contribution is -2.05. The Kier molecular flexibility index (Phi) is 7.64. The van der Waals surface area contributed by atoms with Gasteiger partial charge in [0.05, 0.1) is 7.11 Å². The highest BCUT2D eigenvalue weighted by Gasteiger charge is 2.01. The van der Waals surface area contributed by atoms with Crippen LogP contribution in [0.15, 0.2) is 0 Å². The van der Waals surface area contributed by atoms with Crippen molar-refractivity contribution in [3.8, 4) is 0 Å². The van der Waals surface area contributed by atoms with E-state index in [-0.39, 0.29) is 12.2 Å². The van der Waals surface area contributed by atoms with Gasteiger partial charge in [0, 0.05) is 0 Å². The minimum absolute atomic E-state index is 0.115. The number of carbonyl (C=O) groups excluding carboxylic acids is 2. The van der Waals surface area contributed by atoms with Crippen molar-refractivity contribution in [2.24, 2.45) is 0 Å². The molecule has 0 radical (unpaired) electrons. The molecule has 13 heavy (non-hydrogen) atoms. The third-order valence-corrected chi connectivity index (χ3v) is 0.621. The molecule has 0 aliphatic rings. The number of hydrogen-bond donors (Lipinski definition) is 3. The molecule has 0 aromatic heterocycles. The molecule has 0 saturated carbocycles. The van der Waals surface area contributed by atoms with Crippen LogP contribution in [0.5, 0.6) is 0 Å². The molecule has 0 rings (SSSR count). The van der Waals surface area contributed by atoms with Gasteiger partial charge in [-0.1, -0.05) is 0 Å². The second-order valence-electron chi connectivity index (χ2n) is 1.97. The summed E-state index contributed by atoms with van der Waals surface area (Å²) in [5.41, 5.74) is 0. The van der Waals surface area contributed by atoms with Gasteiger partial charge in [-0.3, -0.25) is 9.59 Å². The minimum atomic E-state index is -4.64. The van der Waals surface area contributed by atoms with Gasteiger partial charge in [-0.15, -0.1) is 0 Å². The molecule has 78 valence electrons. The Balaban J connectivity index is 0. The highest BCUT2D eigenvalue weighted by molar-refractivity contribution is 7.45. The van der Waals surface area contributed by atoms with Gasteiger partial charge in [-0.05, 0) is 6.92 Å². The molecule has 7 nitrogen and oxygen atoms in total. The molecule has 0 saturated heterocycles. The van der Waals surface area contributed by atoms with Gasteiger partial charge >= 0.3 is 13.8 Å². The molecule has 0 aliphatic heterocycles. The van der Waals surface area contributed by atoms with Crippen LogP contribution in [0.1, 0.15) is 13.3 Å². The van der Waals surface area contributed by atoms with E-state index < -0.39 is 13.8 Å². The van der Waals surface area contributed by atoms with Gasteiger partial charge in [-0.25, -0.2) is 4.57 Å². The molecule has 0 unspecified atom stereocenters. The standard InChI is InChI=1S/C5H8O3.H3O4P/c1-4(6)3-5(7)8-2;1-5(2,3)4/h3H2,1-2H3;(H3,1,2,3,4). The number of carbonyl (C=O) groups is 2. The Labute approximate surface area is 74.6 Å². The van der Waals surface area contributed by atoms with E-state index in [2.05, 4.69) is 4.74 Å². The molecule has 0 aromatic carbocycles. The molecule has 3 N–H and O–H groups in total. The van der Waals surface area contributed by atoms with Crippen LogP contribution in [-0.2, 0) is 18.9 Å². The maximum atomic E-state index is 10.2. The first-order valence-electron chi connectivity index (χ1n) is 3.01. The second kappa shape index (κ2) is 6.73. The number of rotatable bonds is 2. The summed E-state index contributed by atoms with van der Waals surface area (Å²) >= 11 is 0. The van der Waals surface area contributed by atoms with Gasteiger partial charge < -0.3 is 19.4 Å². The first kappa shape index (κ1) is 14.8. The van der Waals surface area contributed by atoms with Crippen molar-refractivity contribution >= 4 is 19.6 Å². The lowest BCUT2D eigenvalue weighted by atomic mass is 10.3. The molecule has 0 atom stereocenters. The van der Waals surface area contributed by atoms with Gasteiger partial charge in [-0.2, -0.15) is 0 Å². The maximum Gasteiger partial charge on any atom is 0.466 e. The fourth-order valence-electron chi connectivity index (χ4n) is 0.275. The fourth-order valence-corrected chi connectivity index (χ4v) is 0.275. The zero-order valence-electron chi connectivity index (χ0n) is 7.13. The third kappa shape index (κ3) is 34.9. The van der Waals surface area contributed by atoms with Crippen LogP contribution in [0.2, 0.25) is 0 Å². The van der Waals surface area contributed by atoms with E-state index in [4.69, 9.17) is 19.2 Å². The van der Waals surface area contributed by atoms with E-state index in [1.54, 1.807) is 0 Å². The molecule has 8 heteroatoms. The summed E-state index contributed by atoms with van der Waals surface area (Å²) in [6.45, 7) is 1.34. The summed E-state index contributed by atoms with van der Waals surface area (Å²) in [4.78, 5) is 41.9. The number of methoxy groups -OCH3 is 1. The van der Waals surface area contributed by atoms with Crippen LogP contribution >= 0.6 is 7.82 Å². The molecule has 0 spiro atoms. The first-order valence-corrected chi connectivity index (χ1v) is 4.58. The van der Waals surface area contributed by atoms with Gasteiger partial charge in [0.25, 0.3) is 0 Å². The highest BCUT2D eigenvalue weighted by Crippen LogP contribution is 2.25. The molecule has 0 fully saturated rings. The summed E-state index contributed by atoms with van der Waals surface area (Å²) in [6, 6.07) is 0. The Hall–Kier alpha value is -0.750. The van der Waals surface area contributed by atoms with Crippen LogP contribution in [0.25, 0.3) is 0 Å². The number of esters is 1. The van der Waals surface area contributed by atoms with Crippen molar-refractivity contribution in [3.05, 3.63) is 0 Å². The summed E-state index contributed by atoms with van der Waals surface area (Å²) in [5.74, 6) is -0.644. The van der Waals surface area contributed by atoms with Crippen LogP contribution < -0.4 is 0 Å². The van der Waals surface area contributed by atoms with E-state index in [0.717, 1.165) is 0 Å². The highest BCUT2D eigenvalue weighted by atomic mass is 31.2. The lowest BCUT2D eigenvalue weighted by Gasteiger charge is -1.90. The zero-order chi connectivity index (χ0) is 11.1. The van der Waals surface area contributed by atoms with Crippen LogP contribution in [-0.4, -0.2) is 33.5 Å². The van der Waals surface area contributed by atoms with Crippen LogP contribution in [0, 0.1) is 0 Å². The van der Waals surface area contributed by atoms with Gasteiger partial charge in [0.2, 0.25) is 0 Å². The van der Waals surface area contributed by atoms with Crippen molar-refractivity contribution in [3.63, 3.8) is 0 Å². The Morgan fingerprint density at radius 1 is 1.31 bits per heavy atom. The van der Waals surface area contributed by atoms with Gasteiger partial charge in [0.15, 0.2) is 0 Å². The van der Waals surface area contributed by atoms with E-state index >= 15 is 0 Å². The minimum Gasteiger partial charge on any atom is -0.469 e. The van der Waals surface area contributed by atoms with Crippen LogP contribution in [0.3, 0.4) is 0 Å². The monoisotopic (exact) mass is 214 g/mol. The second-order valence-corrected chi connectivity index (χ2v) is 2.99. The first-order chi connectivity index (χ1) is 5.66. The molecule has 0 aromatic rings. The Morgan fingerprint density at radius 3 is 1.69 bits per heavy atom. The van der Waals surface area contributed by atoms with E-state index in [0.29, 0.717) is 0 Å². The maximum absolute atomic E-state index is 10.2. The van der Waals surface area contributed by atoms with Crippen LogP contribution in [0.4, 0.5) is 0 Å². The Bertz CT molecular complexity index is 209. The Morgan fingerprint density at radius 2 is 1.62 bits per heavy atom. The molecular formula is C5H11O7P. The summed E-state index contributed by atoms with van der Waals surface area (Å²) in [5, 5.41) is 0. The SMILES string of the molecule is COC(=O)CC(C)=O.O=P(O)(O)O. The number of hydrogen-bond acceptors (Lipinski definition) is 4. The fraction of sp³-hybridized carbons (Fsp3) is 0.600. The molecule has 0 amide bonds. The molecule has 0 bridgehead atoms. The number of phosphoric acid groups is 1. The summed E-state index contributed by atoms with van der Waals surface area (Å²) in [6.07, 6.45) is -0.115. The van der Waals surface area contributed by atoms with Gasteiger partial charge in [0.1, 0.15) is 12.2 Å². The number of Topliss-reactive ketones (excluding diaryl/α,β-unsaturated/α-hetero) is 1. The predicted octanol–water partition coefficient (Wildman–Crippen LogP) is -0.790. The van der Waals surface area contributed by atoms with Crippen molar-refractivity contribution < 1.29 is 33.6 Å². The van der Waals surface area contributed by atoms with E-state index in [9.17, 15) is 9.59 Å². The summed E-state index contributed by atoms with van der Waals surface area (Å²) < 4.78 is 13.1. The topological polar surface area (TPSA) is 121 Å². The van der Waals surface area contributed by atoms with E-state index in [1.807, 2.05) is 0 Å². The van der Waals surface area contributed by atoms with Crippen molar-refractivity contribution in [2.75, 3.05) is 7.11 Å². The van der Waals surface area contributed by atoms with Crippen molar-refractivity contribution in [1.82, 2.24) is 0 Å². The third-order valence-electron chi connectivity index (χ3n) is 0.621. The average molecular weight is 214 g/mol. The summed E-state index contributed by atoms with van der Waals surface area (Å²) in [7, 11) is -3.38. The zero-order valence-corrected chi connectivity index (χ0v) is 8.02. The average Bonchev–Trinajstić information content (AvgIpc) is 1.82. The normalized spacial score (nSPS) is 9.62. The predicted molar refractivity (Wildman–Crippen MR) is 41.6 cm³/mol. The van der Waals surface area contributed by atoms with E-state index in [1.165, 1.54) is 14.0 Å². The number of ketones is 1. The molecular weight excluding hydrogens is 203 g/mol. The quantitative estimate of drug-likeness (QED) is 0.313. The van der Waals surface area contributed by atoms with Crippen molar-refractivity contribution in [1.29, 1.82) is 0 Å². The lowest BCUT2D eigenvalue weighted by molar-refractivity contribution is -0.142. The number of ether oxygens (including phenoxy) is 1. The smallest absolute Gasteiger partial charge is 0.466 e. The van der Waals surface area contributed by atoms with Crippen molar-refractivity contribution in [2.45, 2.75) is 13.3 Å². The molecule has 0 aliphatic carbocycles. The largest absolute Gasteiger partial charge is 0.469 e. The molecule has 0 heterocycles.